The molecular weight excluding hydrogens is 392 g/mol. The van der Waals surface area contributed by atoms with Gasteiger partial charge in [0.1, 0.15) is 11.5 Å². The zero-order chi connectivity index (χ0) is 21.1. The Hall–Kier alpha value is -3.19. The van der Waals surface area contributed by atoms with Crippen LogP contribution in [0.15, 0.2) is 65.5 Å². The molecule has 1 N–H and O–H groups in total. The molecule has 2 fully saturated rings. The Labute approximate surface area is 181 Å². The van der Waals surface area contributed by atoms with E-state index in [-0.39, 0.29) is 17.2 Å². The van der Waals surface area contributed by atoms with Crippen molar-refractivity contribution in [1.82, 2.24) is 20.2 Å². The summed E-state index contributed by atoms with van der Waals surface area (Å²) in [6.45, 7) is 3.43. The molecule has 2 aliphatic rings. The number of amides is 1. The van der Waals surface area contributed by atoms with Gasteiger partial charge in [-0.1, -0.05) is 12.1 Å². The molecule has 160 valence electrons. The number of carbonyl (C=O) groups excluding carboxylic acids is 1. The molecule has 3 heterocycles. The van der Waals surface area contributed by atoms with Gasteiger partial charge in [0, 0.05) is 24.9 Å². The fourth-order valence-corrected chi connectivity index (χ4v) is 4.50. The highest BCUT2D eigenvalue weighted by Gasteiger charge is 2.58. The van der Waals surface area contributed by atoms with E-state index in [1.165, 1.54) is 5.56 Å². The largest absolute Gasteiger partial charge is 0.467 e. The third-order valence-electron chi connectivity index (χ3n) is 6.46. The molecule has 0 unspecified atom stereocenters. The van der Waals surface area contributed by atoms with Gasteiger partial charge in [0.25, 0.3) is 0 Å². The molecule has 1 spiro atoms. The number of aromatic nitrogens is 2. The van der Waals surface area contributed by atoms with Gasteiger partial charge in [-0.2, -0.15) is 0 Å². The molecule has 1 saturated heterocycles. The lowest BCUT2D eigenvalue weighted by atomic mass is 9.90. The van der Waals surface area contributed by atoms with Crippen LogP contribution in [0.25, 0.3) is 0 Å². The maximum atomic E-state index is 12.5. The maximum absolute atomic E-state index is 12.5. The van der Waals surface area contributed by atoms with Crippen molar-refractivity contribution in [2.45, 2.75) is 32.4 Å². The lowest BCUT2D eigenvalue weighted by Crippen LogP contribution is -2.36. The van der Waals surface area contributed by atoms with Crippen LogP contribution >= 0.6 is 0 Å². The molecule has 5 rings (SSSR count). The van der Waals surface area contributed by atoms with E-state index in [0.29, 0.717) is 12.6 Å². The molecule has 7 heteroatoms. The number of likely N-dealkylation sites (tertiary alicyclic amines) is 1. The highest BCUT2D eigenvalue weighted by atomic mass is 16.5. The molecular formula is C24H26N4O3. The SMILES string of the molecule is O=C(NCc1ccco1)[C@@H]1CC12CCN(Cc1ccc(Oc3ncccn3)cc1)CC2. The Balaban J connectivity index is 1.08. The first kappa shape index (κ1) is 19.8. The first-order valence-corrected chi connectivity index (χ1v) is 10.8. The number of carbonyl (C=O) groups is 1. The van der Waals surface area contributed by atoms with E-state index in [1.807, 2.05) is 24.3 Å². The number of nitrogens with zero attached hydrogens (tertiary/aromatic N) is 3. The van der Waals surface area contributed by atoms with E-state index in [9.17, 15) is 4.79 Å². The Bertz CT molecular complexity index is 997. The molecule has 31 heavy (non-hydrogen) atoms. The molecule has 3 aromatic rings. The normalized spacial score (nSPS) is 19.8. The Kier molecular flexibility index (Phi) is 5.42. The van der Waals surface area contributed by atoms with Crippen LogP contribution < -0.4 is 10.1 Å². The standard InChI is InChI=1S/C24H26N4O3/c29-22(27-16-20-3-1-14-30-20)21-15-24(21)8-12-28(13-9-24)17-18-4-6-19(7-5-18)31-23-25-10-2-11-26-23/h1-7,10-11,14,21H,8-9,12-13,15-17H2,(H,27,29)/t21-/m0/s1. The van der Waals surface area contributed by atoms with Crippen molar-refractivity contribution in [2.75, 3.05) is 13.1 Å². The van der Waals surface area contributed by atoms with Crippen LogP contribution in [0.2, 0.25) is 0 Å². The van der Waals surface area contributed by atoms with Gasteiger partial charge in [-0.25, -0.2) is 9.97 Å². The maximum Gasteiger partial charge on any atom is 0.321 e. The highest BCUT2D eigenvalue weighted by Crippen LogP contribution is 2.59. The van der Waals surface area contributed by atoms with Crippen LogP contribution in [0, 0.1) is 11.3 Å². The van der Waals surface area contributed by atoms with Gasteiger partial charge in [0.15, 0.2) is 0 Å². The summed E-state index contributed by atoms with van der Waals surface area (Å²) in [5.41, 5.74) is 1.46. The summed E-state index contributed by atoms with van der Waals surface area (Å²) in [5.74, 6) is 1.85. The number of hydrogen-bond donors (Lipinski definition) is 1. The van der Waals surface area contributed by atoms with E-state index >= 15 is 0 Å². The first-order chi connectivity index (χ1) is 15.2. The first-order valence-electron chi connectivity index (χ1n) is 10.8. The van der Waals surface area contributed by atoms with Gasteiger partial charge in [-0.05, 0) is 73.7 Å². The summed E-state index contributed by atoms with van der Waals surface area (Å²) >= 11 is 0. The summed E-state index contributed by atoms with van der Waals surface area (Å²) in [4.78, 5) is 23.1. The second-order valence-corrected chi connectivity index (χ2v) is 8.47. The topological polar surface area (TPSA) is 80.5 Å². The fraction of sp³-hybridized carbons (Fsp3) is 0.375. The van der Waals surface area contributed by atoms with Gasteiger partial charge >= 0.3 is 6.01 Å². The van der Waals surface area contributed by atoms with Crippen molar-refractivity contribution in [3.05, 3.63) is 72.4 Å². The number of nitrogens with one attached hydrogen (secondary N) is 1. The Morgan fingerprint density at radius 2 is 1.90 bits per heavy atom. The molecule has 1 atom stereocenters. The number of piperidine rings is 1. The van der Waals surface area contributed by atoms with Crippen LogP contribution in [-0.2, 0) is 17.9 Å². The van der Waals surface area contributed by atoms with Gasteiger partial charge in [-0.3, -0.25) is 9.69 Å². The van der Waals surface area contributed by atoms with Crippen molar-refractivity contribution < 1.29 is 13.9 Å². The second kappa shape index (κ2) is 8.51. The third kappa shape index (κ3) is 4.61. The number of hydrogen-bond acceptors (Lipinski definition) is 6. The van der Waals surface area contributed by atoms with Crippen molar-refractivity contribution in [1.29, 1.82) is 0 Å². The smallest absolute Gasteiger partial charge is 0.321 e. The lowest BCUT2D eigenvalue weighted by molar-refractivity contribution is -0.123. The molecule has 0 radical (unpaired) electrons. The molecule has 1 aromatic carbocycles. The Morgan fingerprint density at radius 1 is 1.13 bits per heavy atom. The van der Waals surface area contributed by atoms with Crippen LogP contribution in [0.1, 0.15) is 30.6 Å². The van der Waals surface area contributed by atoms with Crippen LogP contribution in [0.4, 0.5) is 0 Å². The van der Waals surface area contributed by atoms with Crippen LogP contribution in [0.3, 0.4) is 0 Å². The summed E-state index contributed by atoms with van der Waals surface area (Å²) in [6.07, 6.45) is 8.13. The zero-order valence-electron chi connectivity index (χ0n) is 17.4. The minimum absolute atomic E-state index is 0.154. The predicted molar refractivity (Wildman–Crippen MR) is 114 cm³/mol. The summed E-state index contributed by atoms with van der Waals surface area (Å²) in [5, 5.41) is 3.03. The van der Waals surface area contributed by atoms with E-state index in [4.69, 9.17) is 9.15 Å². The molecule has 1 aliphatic carbocycles. The highest BCUT2D eigenvalue weighted by molar-refractivity contribution is 5.82. The van der Waals surface area contributed by atoms with Crippen molar-refractivity contribution in [3.8, 4) is 11.8 Å². The lowest BCUT2D eigenvalue weighted by Gasteiger charge is -2.32. The van der Waals surface area contributed by atoms with Crippen molar-refractivity contribution >= 4 is 5.91 Å². The van der Waals surface area contributed by atoms with E-state index in [0.717, 1.165) is 50.4 Å². The van der Waals surface area contributed by atoms with E-state index in [1.54, 1.807) is 24.7 Å². The predicted octanol–water partition coefficient (Wildman–Crippen LogP) is 3.78. The minimum Gasteiger partial charge on any atom is -0.467 e. The summed E-state index contributed by atoms with van der Waals surface area (Å²) < 4.78 is 11.0. The third-order valence-corrected chi connectivity index (χ3v) is 6.46. The molecule has 1 aliphatic heterocycles. The summed E-state index contributed by atoms with van der Waals surface area (Å²) in [6, 6.07) is 13.9. The van der Waals surface area contributed by atoms with Crippen LogP contribution in [0.5, 0.6) is 11.8 Å². The van der Waals surface area contributed by atoms with Gasteiger partial charge in [0.2, 0.25) is 5.91 Å². The number of benzene rings is 1. The van der Waals surface area contributed by atoms with E-state index in [2.05, 4.69) is 32.3 Å². The number of rotatable bonds is 7. The number of furan rings is 1. The van der Waals surface area contributed by atoms with Gasteiger partial charge in [0.05, 0.1) is 12.8 Å². The molecule has 2 aromatic heterocycles. The number of ether oxygens (including phenoxy) is 1. The van der Waals surface area contributed by atoms with Crippen molar-refractivity contribution in [2.24, 2.45) is 11.3 Å². The summed E-state index contributed by atoms with van der Waals surface area (Å²) in [7, 11) is 0. The van der Waals surface area contributed by atoms with Crippen molar-refractivity contribution in [3.63, 3.8) is 0 Å². The average molecular weight is 418 g/mol. The fourth-order valence-electron chi connectivity index (χ4n) is 4.50. The Morgan fingerprint density at radius 3 is 2.61 bits per heavy atom. The minimum atomic E-state index is 0.154. The second-order valence-electron chi connectivity index (χ2n) is 8.47. The zero-order valence-corrected chi connectivity index (χ0v) is 17.4. The van der Waals surface area contributed by atoms with E-state index < -0.39 is 0 Å². The molecule has 1 saturated carbocycles. The monoisotopic (exact) mass is 418 g/mol. The molecule has 7 nitrogen and oxygen atoms in total. The van der Waals surface area contributed by atoms with Gasteiger partial charge in [-0.15, -0.1) is 0 Å². The molecule has 0 bridgehead atoms. The van der Waals surface area contributed by atoms with Crippen LogP contribution in [-0.4, -0.2) is 33.9 Å². The quantitative estimate of drug-likeness (QED) is 0.629. The van der Waals surface area contributed by atoms with Gasteiger partial charge < -0.3 is 14.5 Å². The average Bonchev–Trinajstić information content (AvgIpc) is 3.24. The molecule has 1 amide bonds.